The van der Waals surface area contributed by atoms with Crippen LogP contribution in [-0.2, 0) is 9.53 Å². The van der Waals surface area contributed by atoms with Crippen molar-refractivity contribution in [1.29, 1.82) is 0 Å². The Morgan fingerprint density at radius 2 is 2.11 bits per heavy atom. The number of rotatable bonds is 7. The largest absolute Gasteiger partial charge is 0.469 e. The zero-order valence-corrected chi connectivity index (χ0v) is 11.9. The van der Waals surface area contributed by atoms with Crippen LogP contribution in [-0.4, -0.2) is 24.8 Å². The number of ether oxygens (including phenoxy) is 1. The van der Waals surface area contributed by atoms with Crippen LogP contribution in [0.2, 0.25) is 0 Å². The minimum absolute atomic E-state index is 0.0851. The van der Waals surface area contributed by atoms with Crippen LogP contribution < -0.4 is 0 Å². The molecule has 0 radical (unpaired) electrons. The molecule has 0 aromatic carbocycles. The zero-order valence-electron chi connectivity index (χ0n) is 11.9. The number of unbranched alkanes of at least 4 members (excludes halogenated alkanes) is 2. The van der Waals surface area contributed by atoms with Gasteiger partial charge in [-0.1, -0.05) is 31.8 Å². The van der Waals surface area contributed by atoms with E-state index >= 15 is 0 Å². The van der Waals surface area contributed by atoms with Crippen molar-refractivity contribution in [3.05, 3.63) is 12.2 Å². The molecule has 19 heavy (non-hydrogen) atoms. The lowest BCUT2D eigenvalue weighted by Crippen LogP contribution is -2.31. The molecule has 0 amide bonds. The second-order valence-electron chi connectivity index (χ2n) is 5.75. The number of nitrogens with zero attached hydrogens (tertiary/aromatic N) is 1. The smallest absolute Gasteiger partial charge is 0.305 e. The van der Waals surface area contributed by atoms with Crippen LogP contribution in [0.1, 0.15) is 57.8 Å². The van der Waals surface area contributed by atoms with Crippen molar-refractivity contribution in [2.45, 2.75) is 63.3 Å². The fourth-order valence-electron chi connectivity index (χ4n) is 3.41. The third kappa shape index (κ3) is 3.68. The topological polar surface area (TPSA) is 38.7 Å². The molecule has 0 aromatic heterocycles. The van der Waals surface area contributed by atoms with Gasteiger partial charge in [0.2, 0.25) is 0 Å². The fourth-order valence-corrected chi connectivity index (χ4v) is 3.41. The molecule has 1 aliphatic heterocycles. The van der Waals surface area contributed by atoms with E-state index in [9.17, 15) is 4.79 Å². The molecular formula is C16H25NO2. The third-order valence-corrected chi connectivity index (χ3v) is 4.53. The molecule has 0 bridgehead atoms. The quantitative estimate of drug-likeness (QED) is 0.519. The van der Waals surface area contributed by atoms with Crippen molar-refractivity contribution in [2.24, 2.45) is 10.9 Å². The maximum atomic E-state index is 11.0. The summed E-state index contributed by atoms with van der Waals surface area (Å²) in [6, 6.07) is 0. The molecule has 106 valence electrons. The Hall–Kier alpha value is -1.12. The van der Waals surface area contributed by atoms with Gasteiger partial charge in [-0.2, -0.15) is 0 Å². The van der Waals surface area contributed by atoms with E-state index in [1.165, 1.54) is 32.8 Å². The molecule has 1 heterocycles. The van der Waals surface area contributed by atoms with E-state index in [1.54, 1.807) is 0 Å². The lowest BCUT2D eigenvalue weighted by molar-refractivity contribution is -0.140. The molecule has 3 nitrogen and oxygen atoms in total. The molecule has 3 heteroatoms. The summed E-state index contributed by atoms with van der Waals surface area (Å²) in [5.41, 5.74) is 0.0851. The summed E-state index contributed by atoms with van der Waals surface area (Å²) in [5.74, 6) is 0.646. The Kier molecular flexibility index (Phi) is 5.17. The summed E-state index contributed by atoms with van der Waals surface area (Å²) < 4.78 is 4.66. The molecule has 1 atom stereocenters. The van der Waals surface area contributed by atoms with Gasteiger partial charge in [0.05, 0.1) is 12.6 Å². The first-order valence-corrected chi connectivity index (χ1v) is 7.57. The molecular weight excluding hydrogens is 238 g/mol. The van der Waals surface area contributed by atoms with Crippen LogP contribution >= 0.6 is 0 Å². The Bertz CT molecular complexity index is 342. The summed E-state index contributed by atoms with van der Waals surface area (Å²) >= 11 is 0. The van der Waals surface area contributed by atoms with Crippen LogP contribution in [0.4, 0.5) is 0 Å². The maximum Gasteiger partial charge on any atom is 0.305 e. The van der Waals surface area contributed by atoms with Crippen molar-refractivity contribution < 1.29 is 9.53 Å². The molecule has 2 aliphatic rings. The summed E-state index contributed by atoms with van der Waals surface area (Å²) in [6.07, 6.45) is 16.6. The molecule has 1 saturated carbocycles. The van der Waals surface area contributed by atoms with E-state index in [1.807, 2.05) is 6.21 Å². The predicted molar refractivity (Wildman–Crippen MR) is 77.4 cm³/mol. The van der Waals surface area contributed by atoms with E-state index in [0.717, 1.165) is 31.6 Å². The van der Waals surface area contributed by atoms with Crippen LogP contribution in [0.5, 0.6) is 0 Å². The first-order valence-electron chi connectivity index (χ1n) is 7.57. The highest BCUT2D eigenvalue weighted by atomic mass is 16.5. The van der Waals surface area contributed by atoms with E-state index in [4.69, 9.17) is 4.99 Å². The number of esters is 1. The van der Waals surface area contributed by atoms with Crippen LogP contribution in [0.25, 0.3) is 0 Å². The summed E-state index contributed by atoms with van der Waals surface area (Å²) in [5, 5.41) is 0. The highest BCUT2D eigenvalue weighted by Gasteiger charge is 2.38. The standard InChI is InChI=1S/C16H25NO2/c1-19-15(18)10-3-2-6-11-16(12-7-13-17-16)14-8-4-5-9-14/h7,12-14H,2-6,8-11H2,1H3. The van der Waals surface area contributed by atoms with Gasteiger partial charge in [-0.05, 0) is 37.7 Å². The number of allylic oxidation sites excluding steroid dienone is 1. The van der Waals surface area contributed by atoms with Crippen molar-refractivity contribution >= 4 is 12.2 Å². The fraction of sp³-hybridized carbons (Fsp3) is 0.750. The second kappa shape index (κ2) is 6.88. The van der Waals surface area contributed by atoms with Gasteiger partial charge >= 0.3 is 5.97 Å². The summed E-state index contributed by atoms with van der Waals surface area (Å²) in [7, 11) is 1.45. The maximum absolute atomic E-state index is 11.0. The molecule has 0 spiro atoms. The van der Waals surface area contributed by atoms with Crippen molar-refractivity contribution in [3.63, 3.8) is 0 Å². The highest BCUT2D eigenvalue weighted by Crippen LogP contribution is 2.42. The number of aliphatic imine (C=N–C) groups is 1. The first kappa shape index (κ1) is 14.3. The normalized spacial score (nSPS) is 26.2. The van der Waals surface area contributed by atoms with Gasteiger partial charge in [-0.3, -0.25) is 9.79 Å². The Labute approximate surface area is 116 Å². The summed E-state index contributed by atoms with van der Waals surface area (Å²) in [4.78, 5) is 15.8. The highest BCUT2D eigenvalue weighted by molar-refractivity contribution is 5.75. The number of carbonyl (C=O) groups is 1. The lowest BCUT2D eigenvalue weighted by Gasteiger charge is -2.31. The Morgan fingerprint density at radius 3 is 2.74 bits per heavy atom. The van der Waals surface area contributed by atoms with E-state index in [0.29, 0.717) is 6.42 Å². The SMILES string of the molecule is COC(=O)CCCCCC1(C2CCCC2)C=CC=N1. The average Bonchev–Trinajstić information content (AvgIpc) is 3.09. The average molecular weight is 263 g/mol. The monoisotopic (exact) mass is 263 g/mol. The zero-order chi connectivity index (χ0) is 13.6. The number of hydrogen-bond acceptors (Lipinski definition) is 3. The van der Waals surface area contributed by atoms with Crippen molar-refractivity contribution in [1.82, 2.24) is 0 Å². The van der Waals surface area contributed by atoms with Crippen LogP contribution in [0.3, 0.4) is 0 Å². The van der Waals surface area contributed by atoms with Crippen molar-refractivity contribution in [3.8, 4) is 0 Å². The Balaban J connectivity index is 1.74. The van der Waals surface area contributed by atoms with Crippen LogP contribution in [0.15, 0.2) is 17.1 Å². The molecule has 0 saturated heterocycles. The van der Waals surface area contributed by atoms with Gasteiger partial charge in [0.1, 0.15) is 0 Å². The van der Waals surface area contributed by atoms with E-state index in [-0.39, 0.29) is 11.5 Å². The van der Waals surface area contributed by atoms with Gasteiger partial charge in [-0.15, -0.1) is 0 Å². The van der Waals surface area contributed by atoms with Gasteiger partial charge in [0.15, 0.2) is 0 Å². The minimum atomic E-state index is -0.0933. The molecule has 0 aromatic rings. The lowest BCUT2D eigenvalue weighted by atomic mass is 9.79. The third-order valence-electron chi connectivity index (χ3n) is 4.53. The van der Waals surface area contributed by atoms with Gasteiger partial charge in [-0.25, -0.2) is 0 Å². The van der Waals surface area contributed by atoms with Crippen LogP contribution in [0, 0.1) is 5.92 Å². The van der Waals surface area contributed by atoms with E-state index in [2.05, 4.69) is 16.9 Å². The number of carbonyl (C=O) groups excluding carboxylic acids is 1. The molecule has 0 N–H and O–H groups in total. The van der Waals surface area contributed by atoms with E-state index < -0.39 is 0 Å². The second-order valence-corrected chi connectivity index (χ2v) is 5.75. The predicted octanol–water partition coefficient (Wildman–Crippen LogP) is 3.68. The van der Waals surface area contributed by atoms with Gasteiger partial charge < -0.3 is 4.74 Å². The summed E-state index contributed by atoms with van der Waals surface area (Å²) in [6.45, 7) is 0. The molecule has 2 rings (SSSR count). The molecule has 1 fully saturated rings. The number of methoxy groups -OCH3 is 1. The minimum Gasteiger partial charge on any atom is -0.469 e. The molecule has 1 aliphatic carbocycles. The first-order chi connectivity index (χ1) is 9.27. The van der Waals surface area contributed by atoms with Gasteiger partial charge in [0.25, 0.3) is 0 Å². The molecule has 1 unspecified atom stereocenters. The number of hydrogen-bond donors (Lipinski definition) is 0. The van der Waals surface area contributed by atoms with Gasteiger partial charge in [0, 0.05) is 12.6 Å². The van der Waals surface area contributed by atoms with Crippen molar-refractivity contribution in [2.75, 3.05) is 7.11 Å². The Morgan fingerprint density at radius 1 is 1.32 bits per heavy atom.